The molecule has 0 aliphatic carbocycles. The first kappa shape index (κ1) is 21.0. The molecule has 2 rings (SSSR count). The molecule has 27 heavy (non-hydrogen) atoms. The summed E-state index contributed by atoms with van der Waals surface area (Å²) in [5.74, 6) is -0.453. The summed E-state index contributed by atoms with van der Waals surface area (Å²) in [7, 11) is 0. The van der Waals surface area contributed by atoms with E-state index in [0.29, 0.717) is 11.6 Å². The number of nitrogens with one attached hydrogen (secondary N) is 2. The highest BCUT2D eigenvalue weighted by atomic mass is 32.1. The van der Waals surface area contributed by atoms with Crippen molar-refractivity contribution in [2.45, 2.75) is 54.0 Å². The summed E-state index contributed by atoms with van der Waals surface area (Å²) in [6.45, 7) is 11.8. The maximum absolute atomic E-state index is 12.7. The third-order valence-electron chi connectivity index (χ3n) is 3.91. The summed E-state index contributed by atoms with van der Waals surface area (Å²) in [6, 6.07) is 7.35. The fourth-order valence-corrected chi connectivity index (χ4v) is 3.26. The molecular formula is C20H28N4O2S. The maximum Gasteiger partial charge on any atom is 0.249 e. The third kappa shape index (κ3) is 6.43. The molecule has 2 N–H and O–H groups in total. The van der Waals surface area contributed by atoms with E-state index in [9.17, 15) is 9.59 Å². The molecule has 6 nitrogen and oxygen atoms in total. The Labute approximate surface area is 164 Å². The van der Waals surface area contributed by atoms with Gasteiger partial charge in [-0.2, -0.15) is 0 Å². The van der Waals surface area contributed by atoms with Gasteiger partial charge in [-0.25, -0.2) is 0 Å². The molecule has 1 aromatic heterocycles. The first-order chi connectivity index (χ1) is 12.5. The summed E-state index contributed by atoms with van der Waals surface area (Å²) in [5.41, 5.74) is 1.99. The summed E-state index contributed by atoms with van der Waals surface area (Å²) in [6.07, 6.45) is 0.361. The topological polar surface area (TPSA) is 84.0 Å². The molecule has 1 heterocycles. The molecule has 2 amide bonds. The molecule has 146 valence electrons. The van der Waals surface area contributed by atoms with Crippen molar-refractivity contribution >= 4 is 28.3 Å². The van der Waals surface area contributed by atoms with Gasteiger partial charge in [-0.3, -0.25) is 14.9 Å². The lowest BCUT2D eigenvalue weighted by Gasteiger charge is -2.24. The molecule has 0 aliphatic rings. The number of benzene rings is 1. The van der Waals surface area contributed by atoms with E-state index < -0.39 is 6.04 Å². The van der Waals surface area contributed by atoms with Gasteiger partial charge in [-0.05, 0) is 18.3 Å². The minimum absolute atomic E-state index is 0.0431. The Balaban J connectivity index is 2.05. The molecule has 1 aromatic carbocycles. The number of aromatic nitrogens is 2. The summed E-state index contributed by atoms with van der Waals surface area (Å²) in [4.78, 5) is 24.9. The molecule has 0 aliphatic heterocycles. The molecule has 2 aromatic rings. The average molecular weight is 389 g/mol. The van der Waals surface area contributed by atoms with Crippen LogP contribution in [0.5, 0.6) is 0 Å². The molecule has 0 saturated carbocycles. The first-order valence-electron chi connectivity index (χ1n) is 9.06. The highest BCUT2D eigenvalue weighted by Crippen LogP contribution is 2.26. The summed E-state index contributed by atoms with van der Waals surface area (Å²) < 4.78 is 0. The number of rotatable bonds is 6. The zero-order valence-electron chi connectivity index (χ0n) is 16.8. The Morgan fingerprint density at radius 1 is 1.11 bits per heavy atom. The monoisotopic (exact) mass is 388 g/mol. The Morgan fingerprint density at radius 2 is 1.74 bits per heavy atom. The molecule has 7 heteroatoms. The SMILES string of the molecule is Cc1ccc(-c2nnc(NC(=O)[C@@H](NC(=O)CC(C)(C)C)C(C)C)s2)cc1. The number of hydrogen-bond acceptors (Lipinski definition) is 5. The molecule has 0 unspecified atom stereocenters. The van der Waals surface area contributed by atoms with Crippen LogP contribution in [0.4, 0.5) is 5.13 Å². The van der Waals surface area contributed by atoms with E-state index in [-0.39, 0.29) is 23.1 Å². The van der Waals surface area contributed by atoms with Crippen LogP contribution in [0.3, 0.4) is 0 Å². The van der Waals surface area contributed by atoms with Crippen molar-refractivity contribution in [1.82, 2.24) is 15.5 Å². The minimum Gasteiger partial charge on any atom is -0.344 e. The van der Waals surface area contributed by atoms with Gasteiger partial charge in [0, 0.05) is 12.0 Å². The van der Waals surface area contributed by atoms with Gasteiger partial charge in [-0.15, -0.1) is 10.2 Å². The highest BCUT2D eigenvalue weighted by molar-refractivity contribution is 7.18. The number of carbonyl (C=O) groups is 2. The quantitative estimate of drug-likeness (QED) is 0.782. The molecular weight excluding hydrogens is 360 g/mol. The van der Waals surface area contributed by atoms with Crippen molar-refractivity contribution in [2.24, 2.45) is 11.3 Å². The van der Waals surface area contributed by atoms with Crippen LogP contribution < -0.4 is 10.6 Å². The van der Waals surface area contributed by atoms with Crippen molar-refractivity contribution < 1.29 is 9.59 Å². The zero-order chi connectivity index (χ0) is 20.2. The van der Waals surface area contributed by atoms with Gasteiger partial charge >= 0.3 is 0 Å². The largest absolute Gasteiger partial charge is 0.344 e. The fourth-order valence-electron chi connectivity index (χ4n) is 2.51. The molecule has 0 saturated heterocycles. The predicted octanol–water partition coefficient (Wildman–Crippen LogP) is 4.03. The smallest absolute Gasteiger partial charge is 0.249 e. The summed E-state index contributed by atoms with van der Waals surface area (Å²) in [5, 5.41) is 15.0. The minimum atomic E-state index is -0.619. The zero-order valence-corrected chi connectivity index (χ0v) is 17.6. The molecule has 1 atom stereocenters. The number of aryl methyl sites for hydroxylation is 1. The van der Waals surface area contributed by atoms with Crippen LogP contribution in [0.1, 0.15) is 46.6 Å². The first-order valence-corrected chi connectivity index (χ1v) is 9.87. The second-order valence-corrected chi connectivity index (χ2v) is 9.27. The second kappa shape index (κ2) is 8.61. The van der Waals surface area contributed by atoms with E-state index in [0.717, 1.165) is 10.6 Å². The standard InChI is InChI=1S/C20H28N4O2S/c1-12(2)16(21-15(25)11-20(4,5)6)17(26)22-19-24-23-18(27-19)14-9-7-13(3)8-10-14/h7-10,12,16H,11H2,1-6H3,(H,21,25)(H,22,24,26)/t16-/m0/s1. The number of nitrogens with zero attached hydrogens (tertiary/aromatic N) is 2. The van der Waals surface area contributed by atoms with Crippen molar-refractivity contribution in [2.75, 3.05) is 5.32 Å². The van der Waals surface area contributed by atoms with Gasteiger partial charge in [0.25, 0.3) is 0 Å². The van der Waals surface area contributed by atoms with Gasteiger partial charge in [0.15, 0.2) is 0 Å². The number of hydrogen-bond donors (Lipinski definition) is 2. The van der Waals surface area contributed by atoms with Crippen LogP contribution in [0.2, 0.25) is 0 Å². The predicted molar refractivity (Wildman–Crippen MR) is 110 cm³/mol. The van der Waals surface area contributed by atoms with Gasteiger partial charge < -0.3 is 5.32 Å². The van der Waals surface area contributed by atoms with Crippen LogP contribution in [0.15, 0.2) is 24.3 Å². The van der Waals surface area contributed by atoms with Crippen molar-refractivity contribution in [3.05, 3.63) is 29.8 Å². The molecule has 0 bridgehead atoms. The van der Waals surface area contributed by atoms with E-state index in [1.54, 1.807) is 0 Å². The van der Waals surface area contributed by atoms with Crippen molar-refractivity contribution in [3.63, 3.8) is 0 Å². The van der Waals surface area contributed by atoms with Crippen LogP contribution >= 0.6 is 11.3 Å². The van der Waals surface area contributed by atoms with Gasteiger partial charge in [0.1, 0.15) is 11.0 Å². The van der Waals surface area contributed by atoms with E-state index >= 15 is 0 Å². The molecule has 0 radical (unpaired) electrons. The molecule has 0 spiro atoms. The Morgan fingerprint density at radius 3 is 2.30 bits per heavy atom. The third-order valence-corrected chi connectivity index (χ3v) is 4.80. The number of amides is 2. The maximum atomic E-state index is 12.7. The second-order valence-electron chi connectivity index (χ2n) is 8.29. The Hall–Kier alpha value is -2.28. The van der Waals surface area contributed by atoms with E-state index in [1.807, 2.05) is 65.8 Å². The van der Waals surface area contributed by atoms with Crippen LogP contribution in [0, 0.1) is 18.3 Å². The van der Waals surface area contributed by atoms with E-state index in [4.69, 9.17) is 0 Å². The van der Waals surface area contributed by atoms with E-state index in [2.05, 4.69) is 20.8 Å². The highest BCUT2D eigenvalue weighted by Gasteiger charge is 2.27. The summed E-state index contributed by atoms with van der Waals surface area (Å²) >= 11 is 1.31. The lowest BCUT2D eigenvalue weighted by molar-refractivity contribution is -0.128. The fraction of sp³-hybridized carbons (Fsp3) is 0.500. The van der Waals surface area contributed by atoms with Crippen LogP contribution in [0.25, 0.3) is 10.6 Å². The normalized spacial score (nSPS) is 12.7. The van der Waals surface area contributed by atoms with Gasteiger partial charge in [0.2, 0.25) is 16.9 Å². The van der Waals surface area contributed by atoms with Crippen molar-refractivity contribution in [3.8, 4) is 10.6 Å². The van der Waals surface area contributed by atoms with Crippen LogP contribution in [-0.2, 0) is 9.59 Å². The number of carbonyl (C=O) groups excluding carboxylic acids is 2. The van der Waals surface area contributed by atoms with Gasteiger partial charge in [0.05, 0.1) is 0 Å². The Bertz CT molecular complexity index is 791. The Kier molecular flexibility index (Phi) is 6.70. The van der Waals surface area contributed by atoms with Gasteiger partial charge in [-0.1, -0.05) is 75.8 Å². The lowest BCUT2D eigenvalue weighted by Crippen LogP contribution is -2.47. The average Bonchev–Trinajstić information content (AvgIpc) is 2.99. The lowest BCUT2D eigenvalue weighted by atomic mass is 9.91. The van der Waals surface area contributed by atoms with E-state index in [1.165, 1.54) is 16.9 Å². The van der Waals surface area contributed by atoms with Crippen LogP contribution in [-0.4, -0.2) is 28.1 Å². The molecule has 0 fully saturated rings. The number of anilines is 1. The van der Waals surface area contributed by atoms with Crippen molar-refractivity contribution in [1.29, 1.82) is 0 Å².